The average Bonchev–Trinajstić information content (AvgIpc) is 2.53. The van der Waals surface area contributed by atoms with E-state index in [4.69, 9.17) is 4.74 Å². The van der Waals surface area contributed by atoms with Gasteiger partial charge in [0.2, 0.25) is 0 Å². The summed E-state index contributed by atoms with van der Waals surface area (Å²) in [7, 11) is 1.67. The van der Waals surface area contributed by atoms with Crippen molar-refractivity contribution in [2.24, 2.45) is 0 Å². The standard InChI is InChI=1S/C18H22FNO/c1-3-4-13-20(14-15-5-7-16(19)8-6-15)17-9-11-18(21-2)12-10-17/h5-12H,3-4,13-14H2,1-2H3. The van der Waals surface area contributed by atoms with Crippen molar-refractivity contribution in [3.63, 3.8) is 0 Å². The monoisotopic (exact) mass is 287 g/mol. The maximum Gasteiger partial charge on any atom is 0.123 e. The van der Waals surface area contributed by atoms with Gasteiger partial charge >= 0.3 is 0 Å². The number of hydrogen-bond acceptors (Lipinski definition) is 2. The number of anilines is 1. The minimum atomic E-state index is -0.191. The van der Waals surface area contributed by atoms with Gasteiger partial charge in [-0.2, -0.15) is 0 Å². The predicted octanol–water partition coefficient (Wildman–Crippen LogP) is 4.64. The highest BCUT2D eigenvalue weighted by atomic mass is 19.1. The summed E-state index contributed by atoms with van der Waals surface area (Å²) in [5, 5.41) is 0. The van der Waals surface area contributed by atoms with Crippen LogP contribution in [0.25, 0.3) is 0 Å². The zero-order chi connectivity index (χ0) is 15.1. The number of hydrogen-bond donors (Lipinski definition) is 0. The van der Waals surface area contributed by atoms with Gasteiger partial charge in [0.05, 0.1) is 7.11 Å². The molecule has 0 aliphatic heterocycles. The number of methoxy groups -OCH3 is 1. The molecule has 3 heteroatoms. The maximum absolute atomic E-state index is 13.0. The molecule has 21 heavy (non-hydrogen) atoms. The fourth-order valence-electron chi connectivity index (χ4n) is 2.25. The molecular weight excluding hydrogens is 265 g/mol. The fourth-order valence-corrected chi connectivity index (χ4v) is 2.25. The summed E-state index contributed by atoms with van der Waals surface area (Å²) < 4.78 is 18.2. The van der Waals surface area contributed by atoms with Crippen LogP contribution in [-0.2, 0) is 6.54 Å². The molecule has 0 aliphatic carbocycles. The van der Waals surface area contributed by atoms with Gasteiger partial charge in [-0.05, 0) is 48.4 Å². The number of unbranched alkanes of at least 4 members (excludes halogenated alkanes) is 1. The Morgan fingerprint density at radius 1 is 1.00 bits per heavy atom. The Balaban J connectivity index is 2.14. The van der Waals surface area contributed by atoms with Gasteiger partial charge in [0.1, 0.15) is 11.6 Å². The molecule has 0 heterocycles. The minimum absolute atomic E-state index is 0.191. The lowest BCUT2D eigenvalue weighted by atomic mass is 10.1. The van der Waals surface area contributed by atoms with Crippen molar-refractivity contribution >= 4 is 5.69 Å². The first-order chi connectivity index (χ1) is 10.2. The van der Waals surface area contributed by atoms with Crippen LogP contribution in [-0.4, -0.2) is 13.7 Å². The Kier molecular flexibility index (Phi) is 5.61. The third-order valence-corrected chi connectivity index (χ3v) is 3.51. The van der Waals surface area contributed by atoms with E-state index in [9.17, 15) is 4.39 Å². The highest BCUT2D eigenvalue weighted by molar-refractivity contribution is 5.49. The molecule has 2 aromatic carbocycles. The van der Waals surface area contributed by atoms with Crippen LogP contribution in [0.2, 0.25) is 0 Å². The summed E-state index contributed by atoms with van der Waals surface area (Å²) >= 11 is 0. The van der Waals surface area contributed by atoms with Crippen LogP contribution < -0.4 is 9.64 Å². The normalized spacial score (nSPS) is 10.4. The second kappa shape index (κ2) is 7.67. The topological polar surface area (TPSA) is 12.5 Å². The second-order valence-corrected chi connectivity index (χ2v) is 5.10. The van der Waals surface area contributed by atoms with Gasteiger partial charge in [-0.25, -0.2) is 4.39 Å². The molecule has 0 aromatic heterocycles. The number of rotatable bonds is 7. The summed E-state index contributed by atoms with van der Waals surface area (Å²) in [6.07, 6.45) is 2.28. The Hall–Kier alpha value is -2.03. The predicted molar refractivity (Wildman–Crippen MR) is 85.4 cm³/mol. The first-order valence-electron chi connectivity index (χ1n) is 7.36. The SMILES string of the molecule is CCCCN(Cc1ccc(F)cc1)c1ccc(OC)cc1. The van der Waals surface area contributed by atoms with Crippen LogP contribution in [0.5, 0.6) is 5.75 Å². The van der Waals surface area contributed by atoms with Crippen molar-refractivity contribution in [2.45, 2.75) is 26.3 Å². The largest absolute Gasteiger partial charge is 0.497 e. The van der Waals surface area contributed by atoms with Gasteiger partial charge in [-0.15, -0.1) is 0 Å². The molecule has 0 atom stereocenters. The average molecular weight is 287 g/mol. The smallest absolute Gasteiger partial charge is 0.123 e. The summed E-state index contributed by atoms with van der Waals surface area (Å²) in [5.74, 6) is 0.666. The van der Waals surface area contributed by atoms with Crippen molar-refractivity contribution in [1.82, 2.24) is 0 Å². The van der Waals surface area contributed by atoms with E-state index >= 15 is 0 Å². The molecule has 0 aliphatic rings. The molecule has 0 N–H and O–H groups in total. The van der Waals surface area contributed by atoms with Crippen molar-refractivity contribution in [3.05, 3.63) is 59.9 Å². The molecule has 0 unspecified atom stereocenters. The summed E-state index contributed by atoms with van der Waals surface area (Å²) in [4.78, 5) is 2.32. The van der Waals surface area contributed by atoms with Crippen LogP contribution in [0.1, 0.15) is 25.3 Å². The number of ether oxygens (including phenoxy) is 1. The Morgan fingerprint density at radius 3 is 2.24 bits per heavy atom. The molecule has 2 aromatic rings. The summed E-state index contributed by atoms with van der Waals surface area (Å²) in [5.41, 5.74) is 2.27. The van der Waals surface area contributed by atoms with E-state index in [-0.39, 0.29) is 5.82 Å². The molecule has 112 valence electrons. The number of halogens is 1. The van der Waals surface area contributed by atoms with Crippen LogP contribution in [0, 0.1) is 5.82 Å². The van der Waals surface area contributed by atoms with Crippen molar-refractivity contribution in [2.75, 3.05) is 18.6 Å². The van der Waals surface area contributed by atoms with Crippen molar-refractivity contribution < 1.29 is 9.13 Å². The first kappa shape index (κ1) is 15.4. The molecule has 0 saturated heterocycles. The van der Waals surface area contributed by atoms with E-state index in [0.717, 1.165) is 42.9 Å². The molecule has 0 fully saturated rings. The third-order valence-electron chi connectivity index (χ3n) is 3.51. The van der Waals surface area contributed by atoms with E-state index in [0.29, 0.717) is 0 Å². The second-order valence-electron chi connectivity index (χ2n) is 5.10. The Bertz CT molecular complexity index is 536. The van der Waals surface area contributed by atoms with Gasteiger partial charge < -0.3 is 9.64 Å². The van der Waals surface area contributed by atoms with E-state index in [1.165, 1.54) is 12.1 Å². The molecule has 0 bridgehead atoms. The van der Waals surface area contributed by atoms with Gasteiger partial charge in [0.25, 0.3) is 0 Å². The minimum Gasteiger partial charge on any atom is -0.497 e. The lowest BCUT2D eigenvalue weighted by Crippen LogP contribution is -2.23. The lowest BCUT2D eigenvalue weighted by molar-refractivity contribution is 0.415. The van der Waals surface area contributed by atoms with Crippen LogP contribution in [0.4, 0.5) is 10.1 Å². The Labute approximate surface area is 126 Å². The van der Waals surface area contributed by atoms with Gasteiger partial charge in [0, 0.05) is 18.8 Å². The number of nitrogens with zero attached hydrogens (tertiary/aromatic N) is 1. The summed E-state index contributed by atoms with van der Waals surface area (Å²) in [6.45, 7) is 3.96. The molecule has 0 radical (unpaired) electrons. The molecule has 0 spiro atoms. The molecular formula is C18H22FNO. The van der Waals surface area contributed by atoms with Crippen LogP contribution >= 0.6 is 0 Å². The highest BCUT2D eigenvalue weighted by Crippen LogP contribution is 2.21. The molecule has 0 saturated carbocycles. The molecule has 2 nitrogen and oxygen atoms in total. The fraction of sp³-hybridized carbons (Fsp3) is 0.333. The zero-order valence-electron chi connectivity index (χ0n) is 12.7. The molecule has 0 amide bonds. The molecule has 2 rings (SSSR count). The van der Waals surface area contributed by atoms with Crippen LogP contribution in [0.15, 0.2) is 48.5 Å². The Morgan fingerprint density at radius 2 is 1.67 bits per heavy atom. The number of benzene rings is 2. The van der Waals surface area contributed by atoms with Crippen molar-refractivity contribution in [3.8, 4) is 5.75 Å². The van der Waals surface area contributed by atoms with Gasteiger partial charge in [-0.1, -0.05) is 25.5 Å². The summed E-state index contributed by atoms with van der Waals surface area (Å²) in [6, 6.07) is 14.8. The highest BCUT2D eigenvalue weighted by Gasteiger charge is 2.07. The van der Waals surface area contributed by atoms with E-state index in [1.807, 2.05) is 24.3 Å². The van der Waals surface area contributed by atoms with Crippen molar-refractivity contribution in [1.29, 1.82) is 0 Å². The van der Waals surface area contributed by atoms with Crippen LogP contribution in [0.3, 0.4) is 0 Å². The van der Waals surface area contributed by atoms with Gasteiger partial charge in [-0.3, -0.25) is 0 Å². The quantitative estimate of drug-likeness (QED) is 0.735. The van der Waals surface area contributed by atoms with E-state index in [2.05, 4.69) is 24.0 Å². The van der Waals surface area contributed by atoms with E-state index in [1.54, 1.807) is 7.11 Å². The lowest BCUT2D eigenvalue weighted by Gasteiger charge is -2.25. The zero-order valence-corrected chi connectivity index (χ0v) is 12.7. The third kappa shape index (κ3) is 4.48. The van der Waals surface area contributed by atoms with E-state index < -0.39 is 0 Å². The first-order valence-corrected chi connectivity index (χ1v) is 7.36. The van der Waals surface area contributed by atoms with Gasteiger partial charge in [0.15, 0.2) is 0 Å². The maximum atomic E-state index is 13.0.